The normalized spacial score (nSPS) is 13.3. The molecule has 0 spiro atoms. The van der Waals surface area contributed by atoms with Gasteiger partial charge in [-0.2, -0.15) is 0 Å². The van der Waals surface area contributed by atoms with Crippen LogP contribution in [-0.4, -0.2) is 38.5 Å². The number of carboxylic acids is 1. The molecule has 0 aliphatic carbocycles. The second kappa shape index (κ2) is 9.59. The average molecular weight is 352 g/mol. The molecule has 0 aromatic heterocycles. The lowest BCUT2D eigenvalue weighted by atomic mass is 9.87. The maximum atomic E-state index is 11.1. The van der Waals surface area contributed by atoms with Crippen molar-refractivity contribution in [1.82, 2.24) is 0 Å². The fourth-order valence-electron chi connectivity index (χ4n) is 2.40. The molecule has 0 rings (SSSR count). The van der Waals surface area contributed by atoms with Gasteiger partial charge in [-0.25, -0.2) is 13.6 Å². The Kier molecular flexibility index (Phi) is 9.32. The summed E-state index contributed by atoms with van der Waals surface area (Å²) < 4.78 is 27.8. The molecule has 0 amide bonds. The van der Waals surface area contributed by atoms with Crippen LogP contribution in [0.3, 0.4) is 0 Å². The van der Waals surface area contributed by atoms with Crippen molar-refractivity contribution < 1.29 is 23.1 Å². The lowest BCUT2D eigenvalue weighted by Gasteiger charge is -2.23. The maximum Gasteiger partial charge on any atom is 0.309 e. The predicted octanol–water partition coefficient (Wildman–Crippen LogP) is 2.77. The molecule has 23 heavy (non-hydrogen) atoms. The van der Waals surface area contributed by atoms with Crippen molar-refractivity contribution in [2.45, 2.75) is 66.2 Å². The zero-order valence-corrected chi connectivity index (χ0v) is 15.7. The molecule has 0 radical (unpaired) electrons. The summed E-state index contributed by atoms with van der Waals surface area (Å²) in [5.41, 5.74) is -0.981. The van der Waals surface area contributed by atoms with E-state index in [1.165, 1.54) is 0 Å². The van der Waals surface area contributed by atoms with Crippen molar-refractivity contribution in [2.24, 2.45) is 16.0 Å². The van der Waals surface area contributed by atoms with Gasteiger partial charge in [-0.3, -0.25) is 4.79 Å². The zero-order valence-electron chi connectivity index (χ0n) is 14.9. The van der Waals surface area contributed by atoms with Crippen LogP contribution >= 0.6 is 0 Å². The number of sulfonamides is 1. The topological polar surface area (TPSA) is 107 Å². The third-order valence-corrected chi connectivity index (χ3v) is 5.09. The Labute approximate surface area is 140 Å². The quantitative estimate of drug-likeness (QED) is 0.496. The first kappa shape index (κ1) is 22.3. The summed E-state index contributed by atoms with van der Waals surface area (Å²) in [5.74, 6) is -0.763. The molecule has 0 heterocycles. The minimum Gasteiger partial charge on any atom is -0.481 e. The average Bonchev–Trinajstić information content (AvgIpc) is 2.33. The molecular weight excluding hydrogens is 318 g/mol. The number of carbonyl (C=O) groups is 1. The summed E-state index contributed by atoms with van der Waals surface area (Å²) in [6, 6.07) is 0. The third kappa shape index (κ3) is 12.4. The molecule has 0 aliphatic rings. The van der Waals surface area contributed by atoms with Crippen molar-refractivity contribution in [2.75, 3.05) is 19.0 Å². The van der Waals surface area contributed by atoms with Crippen LogP contribution in [0.25, 0.3) is 0 Å². The van der Waals surface area contributed by atoms with Gasteiger partial charge in [-0.05, 0) is 44.9 Å². The number of nitrogens with two attached hydrogens (primary N) is 1. The molecule has 7 heteroatoms. The summed E-state index contributed by atoms with van der Waals surface area (Å²) in [6.07, 6.45) is 4.91. The largest absolute Gasteiger partial charge is 0.481 e. The van der Waals surface area contributed by atoms with E-state index in [0.717, 1.165) is 32.1 Å². The standard InChI is InChI=1S/C16H33NO5S/c1-15(2,13-23(17,20)21)9-5-7-11-22-12-8-6-10-16(3,4)14(18)19/h5-13H2,1-4H3,(H,18,19)(H2,17,20,21). The van der Waals surface area contributed by atoms with E-state index in [4.69, 9.17) is 15.0 Å². The van der Waals surface area contributed by atoms with E-state index >= 15 is 0 Å². The maximum absolute atomic E-state index is 11.1. The van der Waals surface area contributed by atoms with Gasteiger partial charge in [-0.1, -0.05) is 26.7 Å². The first-order chi connectivity index (χ1) is 10.4. The van der Waals surface area contributed by atoms with Gasteiger partial charge in [-0.15, -0.1) is 0 Å². The monoisotopic (exact) mass is 351 g/mol. The number of hydrogen-bond acceptors (Lipinski definition) is 4. The van der Waals surface area contributed by atoms with Crippen LogP contribution < -0.4 is 5.14 Å². The summed E-state index contributed by atoms with van der Waals surface area (Å²) in [5, 5.41) is 14.1. The molecule has 0 bridgehead atoms. The van der Waals surface area contributed by atoms with E-state index in [1.54, 1.807) is 13.8 Å². The Morgan fingerprint density at radius 3 is 1.91 bits per heavy atom. The van der Waals surface area contributed by atoms with Gasteiger partial charge < -0.3 is 9.84 Å². The smallest absolute Gasteiger partial charge is 0.309 e. The van der Waals surface area contributed by atoms with Crippen molar-refractivity contribution in [3.05, 3.63) is 0 Å². The number of carboxylic acid groups (broad SMARTS) is 1. The number of primary sulfonamides is 1. The Bertz CT molecular complexity index is 457. The molecular formula is C16H33NO5S. The Hall–Kier alpha value is -0.660. The molecule has 0 unspecified atom stereocenters. The minimum absolute atomic E-state index is 0.000218. The predicted molar refractivity (Wildman–Crippen MR) is 91.7 cm³/mol. The number of ether oxygens (including phenoxy) is 1. The van der Waals surface area contributed by atoms with E-state index in [9.17, 15) is 13.2 Å². The second-order valence-corrected chi connectivity index (χ2v) is 9.30. The van der Waals surface area contributed by atoms with E-state index in [-0.39, 0.29) is 11.2 Å². The lowest BCUT2D eigenvalue weighted by Crippen LogP contribution is -2.29. The van der Waals surface area contributed by atoms with Crippen molar-refractivity contribution >= 4 is 16.0 Å². The van der Waals surface area contributed by atoms with Gasteiger partial charge >= 0.3 is 5.97 Å². The highest BCUT2D eigenvalue weighted by atomic mass is 32.2. The van der Waals surface area contributed by atoms with Gasteiger partial charge in [0.05, 0.1) is 11.2 Å². The van der Waals surface area contributed by atoms with Crippen molar-refractivity contribution in [1.29, 1.82) is 0 Å². The molecule has 0 aliphatic heterocycles. The van der Waals surface area contributed by atoms with Crippen LogP contribution in [0, 0.1) is 10.8 Å². The van der Waals surface area contributed by atoms with Gasteiger partial charge in [0.2, 0.25) is 10.0 Å². The van der Waals surface area contributed by atoms with E-state index < -0.39 is 21.4 Å². The van der Waals surface area contributed by atoms with Crippen molar-refractivity contribution in [3.8, 4) is 0 Å². The van der Waals surface area contributed by atoms with Crippen LogP contribution in [0.2, 0.25) is 0 Å². The van der Waals surface area contributed by atoms with Crippen molar-refractivity contribution in [3.63, 3.8) is 0 Å². The first-order valence-electron chi connectivity index (χ1n) is 8.17. The number of aliphatic carboxylic acids is 1. The molecule has 0 saturated carbocycles. The summed E-state index contributed by atoms with van der Waals surface area (Å²) in [7, 11) is -3.43. The van der Waals surface area contributed by atoms with Gasteiger partial charge in [0.25, 0.3) is 0 Å². The molecule has 0 aromatic carbocycles. The summed E-state index contributed by atoms with van der Waals surface area (Å²) >= 11 is 0. The highest BCUT2D eigenvalue weighted by Gasteiger charge is 2.26. The second-order valence-electron chi connectivity index (χ2n) is 7.69. The van der Waals surface area contributed by atoms with Gasteiger partial charge in [0, 0.05) is 13.2 Å². The van der Waals surface area contributed by atoms with E-state index in [1.807, 2.05) is 13.8 Å². The third-order valence-electron chi connectivity index (χ3n) is 3.90. The fourth-order valence-corrected chi connectivity index (χ4v) is 3.64. The minimum atomic E-state index is -3.43. The number of unbranched alkanes of at least 4 members (excludes halogenated alkanes) is 2. The molecule has 6 nitrogen and oxygen atoms in total. The SMILES string of the molecule is CC(C)(CCCCOCCCCC(C)(C)C(=O)O)CS(N)(=O)=O. The van der Waals surface area contributed by atoms with E-state index in [2.05, 4.69) is 0 Å². The first-order valence-corrected chi connectivity index (χ1v) is 9.89. The molecule has 0 saturated heterocycles. The molecule has 0 atom stereocenters. The molecule has 3 N–H and O–H groups in total. The summed E-state index contributed by atoms with van der Waals surface area (Å²) in [4.78, 5) is 11.0. The number of hydrogen-bond donors (Lipinski definition) is 2. The summed E-state index contributed by atoms with van der Waals surface area (Å²) in [6.45, 7) is 8.56. The lowest BCUT2D eigenvalue weighted by molar-refractivity contribution is -0.147. The van der Waals surface area contributed by atoms with Gasteiger partial charge in [0.15, 0.2) is 0 Å². The molecule has 0 fully saturated rings. The van der Waals surface area contributed by atoms with E-state index in [0.29, 0.717) is 19.6 Å². The Morgan fingerprint density at radius 1 is 1.00 bits per heavy atom. The fraction of sp³-hybridized carbons (Fsp3) is 0.938. The Morgan fingerprint density at radius 2 is 1.48 bits per heavy atom. The van der Waals surface area contributed by atoms with Crippen LogP contribution in [0.4, 0.5) is 0 Å². The van der Waals surface area contributed by atoms with Crippen LogP contribution in [0.15, 0.2) is 0 Å². The highest BCUT2D eigenvalue weighted by molar-refractivity contribution is 7.89. The number of rotatable bonds is 13. The van der Waals surface area contributed by atoms with Crippen LogP contribution in [0.1, 0.15) is 66.2 Å². The van der Waals surface area contributed by atoms with Crippen LogP contribution in [0.5, 0.6) is 0 Å². The highest BCUT2D eigenvalue weighted by Crippen LogP contribution is 2.25. The zero-order chi connectivity index (χ0) is 18.1. The van der Waals surface area contributed by atoms with Crippen LogP contribution in [-0.2, 0) is 19.6 Å². The Balaban J connectivity index is 3.63. The molecule has 0 aromatic rings. The van der Waals surface area contributed by atoms with Gasteiger partial charge in [0.1, 0.15) is 0 Å². The molecule has 138 valence electrons.